The monoisotopic (exact) mass is 525 g/mol. The van der Waals surface area contributed by atoms with Crippen LogP contribution in [-0.2, 0) is 17.4 Å². The molecule has 1 saturated heterocycles. The summed E-state index contributed by atoms with van der Waals surface area (Å²) in [6.07, 6.45) is -0.467. The number of nitrogens with zero attached hydrogens (tertiary/aromatic N) is 2. The van der Waals surface area contributed by atoms with E-state index in [1.165, 1.54) is 6.20 Å². The van der Waals surface area contributed by atoms with Crippen LogP contribution in [0.15, 0.2) is 60.9 Å². The first-order chi connectivity index (χ1) is 18.1. The Balaban J connectivity index is 1.26. The van der Waals surface area contributed by atoms with E-state index in [9.17, 15) is 22.8 Å². The van der Waals surface area contributed by atoms with Gasteiger partial charge in [0.05, 0.1) is 12.7 Å². The Labute approximate surface area is 219 Å². The number of ether oxygens (including phenoxy) is 1. The van der Waals surface area contributed by atoms with Gasteiger partial charge in [0.15, 0.2) is 0 Å². The molecule has 0 radical (unpaired) electrons. The minimum atomic E-state index is -4.46. The predicted molar refractivity (Wildman–Crippen MR) is 138 cm³/mol. The molecule has 1 N–H and O–H groups in total. The van der Waals surface area contributed by atoms with E-state index in [0.29, 0.717) is 41.6 Å². The summed E-state index contributed by atoms with van der Waals surface area (Å²) >= 11 is 0. The molecule has 200 valence electrons. The van der Waals surface area contributed by atoms with Crippen molar-refractivity contribution in [1.29, 1.82) is 0 Å². The van der Waals surface area contributed by atoms with E-state index in [4.69, 9.17) is 4.74 Å². The van der Waals surface area contributed by atoms with Crippen LogP contribution in [0.1, 0.15) is 57.8 Å². The number of carbonyl (C=O) groups excluding carboxylic acids is 2. The molecule has 0 saturated carbocycles. The van der Waals surface area contributed by atoms with Gasteiger partial charge in [0.25, 0.3) is 5.91 Å². The van der Waals surface area contributed by atoms with Crippen molar-refractivity contribution in [3.63, 3.8) is 0 Å². The number of alkyl halides is 3. The number of methoxy groups -OCH3 is 1. The number of piperidine rings is 1. The van der Waals surface area contributed by atoms with Crippen LogP contribution in [0.25, 0.3) is 0 Å². The van der Waals surface area contributed by atoms with Crippen molar-refractivity contribution < 1.29 is 27.5 Å². The summed E-state index contributed by atoms with van der Waals surface area (Å²) in [6, 6.07) is 14.1. The number of anilines is 1. The fraction of sp³-hybridized carbons (Fsp3) is 0.345. The van der Waals surface area contributed by atoms with Crippen LogP contribution in [0.5, 0.6) is 5.75 Å². The fourth-order valence-electron chi connectivity index (χ4n) is 4.65. The second-order valence-corrected chi connectivity index (χ2v) is 9.50. The zero-order valence-electron chi connectivity index (χ0n) is 21.3. The van der Waals surface area contributed by atoms with Crippen molar-refractivity contribution in [2.75, 3.05) is 25.5 Å². The summed E-state index contributed by atoms with van der Waals surface area (Å²) in [5, 5.41) is 2.80. The SMILES string of the molecule is COc1cc(C(=O)N2CCC(c3ccc(NC(=O)CCc4cncc(C(F)(F)F)c4)cc3)CC2)ccc1C. The second kappa shape index (κ2) is 11.7. The van der Waals surface area contributed by atoms with Gasteiger partial charge in [-0.2, -0.15) is 13.2 Å². The molecule has 2 amide bonds. The number of halogens is 3. The molecule has 1 aliphatic heterocycles. The first-order valence-electron chi connectivity index (χ1n) is 12.5. The van der Waals surface area contributed by atoms with E-state index in [1.54, 1.807) is 13.2 Å². The van der Waals surface area contributed by atoms with Gasteiger partial charge in [-0.15, -0.1) is 0 Å². The van der Waals surface area contributed by atoms with E-state index >= 15 is 0 Å². The summed E-state index contributed by atoms with van der Waals surface area (Å²) in [4.78, 5) is 30.8. The third-order valence-corrected chi connectivity index (χ3v) is 6.87. The number of rotatable bonds is 7. The average Bonchev–Trinajstić information content (AvgIpc) is 2.92. The number of carbonyl (C=O) groups is 2. The van der Waals surface area contributed by atoms with Gasteiger partial charge in [0.1, 0.15) is 5.75 Å². The molecule has 0 spiro atoms. The second-order valence-electron chi connectivity index (χ2n) is 9.50. The van der Waals surface area contributed by atoms with Crippen molar-refractivity contribution in [2.24, 2.45) is 0 Å². The maximum Gasteiger partial charge on any atom is 0.417 e. The third kappa shape index (κ3) is 6.70. The molecule has 0 atom stereocenters. The smallest absolute Gasteiger partial charge is 0.417 e. The van der Waals surface area contributed by atoms with Crippen LogP contribution < -0.4 is 10.1 Å². The zero-order chi connectivity index (χ0) is 27.3. The molecule has 2 heterocycles. The Morgan fingerprint density at radius 2 is 1.76 bits per heavy atom. The highest BCUT2D eigenvalue weighted by atomic mass is 19.4. The van der Waals surface area contributed by atoms with Gasteiger partial charge < -0.3 is 15.0 Å². The quantitative estimate of drug-likeness (QED) is 0.410. The molecule has 9 heteroatoms. The minimum absolute atomic E-state index is 0.000671. The summed E-state index contributed by atoms with van der Waals surface area (Å²) in [5.41, 5.74) is 2.91. The molecule has 1 fully saturated rings. The lowest BCUT2D eigenvalue weighted by molar-refractivity contribution is -0.137. The topological polar surface area (TPSA) is 71.5 Å². The standard InChI is InChI=1S/C29H30F3N3O3/c1-19-3-5-23(16-26(19)38-2)28(37)35-13-11-22(12-14-35)21-6-8-25(9-7-21)34-27(36)10-4-20-15-24(18-33-17-20)29(30,31)32/h3,5-9,15-18,22H,4,10-14H2,1-2H3,(H,34,36). The first-order valence-corrected chi connectivity index (χ1v) is 12.5. The number of likely N-dealkylation sites (tertiary alicyclic amines) is 1. The predicted octanol–water partition coefficient (Wildman–Crippen LogP) is 6.01. The van der Waals surface area contributed by atoms with E-state index < -0.39 is 11.7 Å². The highest BCUT2D eigenvalue weighted by molar-refractivity contribution is 5.95. The maximum atomic E-state index is 13.0. The van der Waals surface area contributed by atoms with Crippen LogP contribution in [0.3, 0.4) is 0 Å². The van der Waals surface area contributed by atoms with Gasteiger partial charge in [-0.1, -0.05) is 18.2 Å². The van der Waals surface area contributed by atoms with Crippen LogP contribution in [-0.4, -0.2) is 41.9 Å². The molecule has 38 heavy (non-hydrogen) atoms. The number of benzene rings is 2. The zero-order valence-corrected chi connectivity index (χ0v) is 21.3. The summed E-state index contributed by atoms with van der Waals surface area (Å²) in [7, 11) is 1.59. The lowest BCUT2D eigenvalue weighted by Crippen LogP contribution is -2.37. The van der Waals surface area contributed by atoms with E-state index in [1.807, 2.05) is 48.2 Å². The molecule has 2 aromatic carbocycles. The van der Waals surface area contributed by atoms with Gasteiger partial charge >= 0.3 is 6.18 Å². The van der Waals surface area contributed by atoms with E-state index in [-0.39, 0.29) is 24.7 Å². The Morgan fingerprint density at radius 1 is 1.05 bits per heavy atom. The largest absolute Gasteiger partial charge is 0.496 e. The van der Waals surface area contributed by atoms with Gasteiger partial charge in [-0.3, -0.25) is 14.6 Å². The van der Waals surface area contributed by atoms with Crippen molar-refractivity contribution in [3.8, 4) is 5.75 Å². The van der Waals surface area contributed by atoms with Crippen molar-refractivity contribution >= 4 is 17.5 Å². The summed E-state index contributed by atoms with van der Waals surface area (Å²) in [6.45, 7) is 3.25. The Kier molecular flexibility index (Phi) is 8.34. The van der Waals surface area contributed by atoms with Gasteiger partial charge in [-0.25, -0.2) is 0 Å². The van der Waals surface area contributed by atoms with Gasteiger partial charge in [0, 0.05) is 43.2 Å². The molecule has 3 aromatic rings. The maximum absolute atomic E-state index is 13.0. The number of nitrogens with one attached hydrogen (secondary N) is 1. The van der Waals surface area contributed by atoms with Crippen molar-refractivity contribution in [1.82, 2.24) is 9.88 Å². The van der Waals surface area contributed by atoms with Gasteiger partial charge in [-0.05, 0) is 79.1 Å². The van der Waals surface area contributed by atoms with Crippen molar-refractivity contribution in [3.05, 3.63) is 88.7 Å². The molecular formula is C29H30F3N3O3. The molecule has 1 aliphatic rings. The molecule has 6 nitrogen and oxygen atoms in total. The molecule has 0 bridgehead atoms. The molecule has 1 aromatic heterocycles. The van der Waals surface area contributed by atoms with Crippen LogP contribution >= 0.6 is 0 Å². The summed E-state index contributed by atoms with van der Waals surface area (Å²) in [5.74, 6) is 0.728. The van der Waals surface area contributed by atoms with E-state index in [2.05, 4.69) is 10.3 Å². The Morgan fingerprint density at radius 3 is 2.42 bits per heavy atom. The number of aryl methyl sites for hydroxylation is 2. The van der Waals surface area contributed by atoms with Crippen LogP contribution in [0, 0.1) is 6.92 Å². The lowest BCUT2D eigenvalue weighted by atomic mass is 9.89. The number of amides is 2. The van der Waals surface area contributed by atoms with Crippen LogP contribution in [0.4, 0.5) is 18.9 Å². The third-order valence-electron chi connectivity index (χ3n) is 6.87. The highest BCUT2D eigenvalue weighted by Crippen LogP contribution is 2.31. The molecule has 4 rings (SSSR count). The average molecular weight is 526 g/mol. The van der Waals surface area contributed by atoms with Crippen LogP contribution in [0.2, 0.25) is 0 Å². The Hall–Kier alpha value is -3.88. The Bertz CT molecular complexity index is 1280. The number of pyridine rings is 1. The van der Waals surface area contributed by atoms with Crippen molar-refractivity contribution in [2.45, 2.75) is 44.7 Å². The molecular weight excluding hydrogens is 495 g/mol. The molecule has 0 unspecified atom stereocenters. The normalized spacial score (nSPS) is 14.3. The number of hydrogen-bond acceptors (Lipinski definition) is 4. The summed E-state index contributed by atoms with van der Waals surface area (Å²) < 4.78 is 43.9. The number of hydrogen-bond donors (Lipinski definition) is 1. The minimum Gasteiger partial charge on any atom is -0.496 e. The van der Waals surface area contributed by atoms with Gasteiger partial charge in [0.2, 0.25) is 5.91 Å². The molecule has 0 aliphatic carbocycles. The van der Waals surface area contributed by atoms with E-state index in [0.717, 1.165) is 36.2 Å². The lowest BCUT2D eigenvalue weighted by Gasteiger charge is -2.32. The fourth-order valence-corrected chi connectivity index (χ4v) is 4.65. The highest BCUT2D eigenvalue weighted by Gasteiger charge is 2.31. The first kappa shape index (κ1) is 27.2. The number of aromatic nitrogens is 1.